The number of amides is 2. The molecule has 7 heteroatoms. The third-order valence-corrected chi connectivity index (χ3v) is 2.62. The average molecular weight is 286 g/mol. The zero-order valence-electron chi connectivity index (χ0n) is 11.0. The smallest absolute Gasteiger partial charge is 0.335 e. The lowest BCUT2D eigenvalue weighted by Gasteiger charge is -2.17. The number of hydrogen-bond donors (Lipinski definition) is 2. The molecule has 0 saturated carbocycles. The van der Waals surface area contributed by atoms with Crippen LogP contribution in [0, 0.1) is 0 Å². The van der Waals surface area contributed by atoms with Gasteiger partial charge in [-0.05, 0) is 24.1 Å². The minimum absolute atomic E-state index is 0.170. The Morgan fingerprint density at radius 1 is 1.40 bits per heavy atom. The molecule has 0 aliphatic carbocycles. The van der Waals surface area contributed by atoms with Crippen molar-refractivity contribution in [3.05, 3.63) is 35.4 Å². The van der Waals surface area contributed by atoms with Crippen molar-refractivity contribution in [2.24, 2.45) is 0 Å². The SMILES string of the molecule is CN(CC(F)F)C(=O)NCCc1cccc(C(=O)O)c1. The Hall–Kier alpha value is -2.18. The summed E-state index contributed by atoms with van der Waals surface area (Å²) in [7, 11) is 1.28. The number of alkyl halides is 2. The highest BCUT2D eigenvalue weighted by Crippen LogP contribution is 2.05. The lowest BCUT2D eigenvalue weighted by Crippen LogP contribution is -2.40. The monoisotopic (exact) mass is 286 g/mol. The molecule has 0 aliphatic heterocycles. The summed E-state index contributed by atoms with van der Waals surface area (Å²) < 4.78 is 24.2. The number of aromatic carboxylic acids is 1. The second-order valence-electron chi connectivity index (χ2n) is 4.26. The first-order valence-electron chi connectivity index (χ1n) is 5.99. The molecule has 0 bridgehead atoms. The van der Waals surface area contributed by atoms with Crippen LogP contribution in [0.5, 0.6) is 0 Å². The molecule has 1 rings (SSSR count). The quantitative estimate of drug-likeness (QED) is 0.838. The van der Waals surface area contributed by atoms with Crippen LogP contribution in [0.3, 0.4) is 0 Å². The van der Waals surface area contributed by atoms with Crippen molar-refractivity contribution in [3.8, 4) is 0 Å². The first kappa shape index (κ1) is 15.9. The normalized spacial score (nSPS) is 10.4. The van der Waals surface area contributed by atoms with Crippen molar-refractivity contribution in [3.63, 3.8) is 0 Å². The number of carboxylic acids is 1. The molecule has 0 heterocycles. The van der Waals surface area contributed by atoms with E-state index in [9.17, 15) is 18.4 Å². The van der Waals surface area contributed by atoms with Gasteiger partial charge in [-0.3, -0.25) is 0 Å². The van der Waals surface area contributed by atoms with E-state index in [1.54, 1.807) is 12.1 Å². The molecular formula is C13H16F2N2O3. The number of hydrogen-bond acceptors (Lipinski definition) is 2. The Balaban J connectivity index is 2.42. The number of carboxylic acid groups (broad SMARTS) is 1. The van der Waals surface area contributed by atoms with Crippen molar-refractivity contribution >= 4 is 12.0 Å². The van der Waals surface area contributed by atoms with Crippen LogP contribution in [0.2, 0.25) is 0 Å². The summed E-state index contributed by atoms with van der Waals surface area (Å²) in [5, 5.41) is 11.3. The minimum Gasteiger partial charge on any atom is -0.478 e. The molecule has 2 N–H and O–H groups in total. The fourth-order valence-corrected chi connectivity index (χ4v) is 1.60. The van der Waals surface area contributed by atoms with E-state index in [1.165, 1.54) is 19.2 Å². The Morgan fingerprint density at radius 2 is 2.10 bits per heavy atom. The predicted molar refractivity (Wildman–Crippen MR) is 69.1 cm³/mol. The van der Waals surface area contributed by atoms with E-state index in [-0.39, 0.29) is 12.1 Å². The molecule has 0 fully saturated rings. The topological polar surface area (TPSA) is 69.6 Å². The first-order valence-corrected chi connectivity index (χ1v) is 5.99. The first-order chi connectivity index (χ1) is 9.40. The second-order valence-corrected chi connectivity index (χ2v) is 4.26. The molecule has 20 heavy (non-hydrogen) atoms. The molecule has 5 nitrogen and oxygen atoms in total. The van der Waals surface area contributed by atoms with E-state index in [1.807, 2.05) is 0 Å². The van der Waals surface area contributed by atoms with Gasteiger partial charge in [0.05, 0.1) is 12.1 Å². The molecule has 0 spiro atoms. The molecule has 0 unspecified atom stereocenters. The van der Waals surface area contributed by atoms with E-state index in [0.29, 0.717) is 6.42 Å². The lowest BCUT2D eigenvalue weighted by atomic mass is 10.1. The highest BCUT2D eigenvalue weighted by atomic mass is 19.3. The standard InChI is InChI=1S/C13H16F2N2O3/c1-17(8-11(14)15)13(20)16-6-5-9-3-2-4-10(7-9)12(18)19/h2-4,7,11H,5-6,8H2,1H3,(H,16,20)(H,18,19). The van der Waals surface area contributed by atoms with Crippen LogP contribution in [0.15, 0.2) is 24.3 Å². The summed E-state index contributed by atoms with van der Waals surface area (Å²) in [5.74, 6) is -1.02. The van der Waals surface area contributed by atoms with Crippen LogP contribution < -0.4 is 5.32 Å². The zero-order valence-corrected chi connectivity index (χ0v) is 11.0. The summed E-state index contributed by atoms with van der Waals surface area (Å²) in [6.07, 6.45) is -2.15. The highest BCUT2D eigenvalue weighted by molar-refractivity contribution is 5.87. The van der Waals surface area contributed by atoms with E-state index >= 15 is 0 Å². The summed E-state index contributed by atoms with van der Waals surface area (Å²) in [4.78, 5) is 23.1. The largest absolute Gasteiger partial charge is 0.478 e. The lowest BCUT2D eigenvalue weighted by molar-refractivity contribution is 0.0696. The summed E-state index contributed by atoms with van der Waals surface area (Å²) in [6.45, 7) is -0.379. The highest BCUT2D eigenvalue weighted by Gasteiger charge is 2.13. The summed E-state index contributed by atoms with van der Waals surface area (Å²) in [6, 6.07) is 5.75. The van der Waals surface area contributed by atoms with Gasteiger partial charge in [0, 0.05) is 13.6 Å². The van der Waals surface area contributed by atoms with Crippen LogP contribution in [-0.2, 0) is 6.42 Å². The molecule has 0 atom stereocenters. The Labute approximate surface area is 115 Å². The molecule has 0 aliphatic rings. The molecule has 110 valence electrons. The molecule has 0 saturated heterocycles. The van der Waals surface area contributed by atoms with E-state index in [0.717, 1.165) is 10.5 Å². The van der Waals surface area contributed by atoms with Gasteiger partial charge in [-0.1, -0.05) is 12.1 Å². The van der Waals surface area contributed by atoms with Crippen molar-refractivity contribution in [1.29, 1.82) is 0 Å². The summed E-state index contributed by atoms with van der Waals surface area (Å²) in [5.41, 5.74) is 0.922. The molecule has 2 amide bonds. The van der Waals surface area contributed by atoms with Crippen LogP contribution in [0.1, 0.15) is 15.9 Å². The Morgan fingerprint density at radius 3 is 2.70 bits per heavy atom. The fourth-order valence-electron chi connectivity index (χ4n) is 1.60. The van der Waals surface area contributed by atoms with Gasteiger partial charge in [0.1, 0.15) is 0 Å². The molecule has 1 aromatic carbocycles. The Kier molecular flexibility index (Phi) is 5.89. The van der Waals surface area contributed by atoms with Gasteiger partial charge in [-0.15, -0.1) is 0 Å². The number of nitrogens with one attached hydrogen (secondary N) is 1. The van der Waals surface area contributed by atoms with Gasteiger partial charge in [-0.2, -0.15) is 0 Å². The van der Waals surface area contributed by atoms with Crippen LogP contribution in [0.25, 0.3) is 0 Å². The number of urea groups is 1. The number of benzene rings is 1. The zero-order chi connectivity index (χ0) is 15.1. The maximum absolute atomic E-state index is 12.1. The van der Waals surface area contributed by atoms with Crippen LogP contribution in [0.4, 0.5) is 13.6 Å². The van der Waals surface area contributed by atoms with E-state index in [2.05, 4.69) is 5.32 Å². The number of nitrogens with zero attached hydrogens (tertiary/aromatic N) is 1. The number of carbonyl (C=O) groups is 2. The van der Waals surface area contributed by atoms with Gasteiger partial charge in [-0.25, -0.2) is 18.4 Å². The third kappa shape index (κ3) is 5.21. The van der Waals surface area contributed by atoms with Crippen molar-refractivity contribution in [2.75, 3.05) is 20.1 Å². The van der Waals surface area contributed by atoms with Crippen molar-refractivity contribution in [1.82, 2.24) is 10.2 Å². The average Bonchev–Trinajstić information content (AvgIpc) is 2.38. The minimum atomic E-state index is -2.57. The molecule has 0 radical (unpaired) electrons. The third-order valence-electron chi connectivity index (χ3n) is 2.62. The molecular weight excluding hydrogens is 270 g/mol. The van der Waals surface area contributed by atoms with Gasteiger partial charge >= 0.3 is 12.0 Å². The number of halogens is 2. The van der Waals surface area contributed by atoms with Crippen molar-refractivity contribution < 1.29 is 23.5 Å². The van der Waals surface area contributed by atoms with Gasteiger partial charge in [0.2, 0.25) is 0 Å². The molecule has 1 aromatic rings. The molecule has 0 aromatic heterocycles. The predicted octanol–water partition coefficient (Wildman–Crippen LogP) is 1.83. The maximum atomic E-state index is 12.1. The fraction of sp³-hybridized carbons (Fsp3) is 0.385. The second kappa shape index (κ2) is 7.42. The van der Waals surface area contributed by atoms with Crippen LogP contribution in [-0.4, -0.2) is 48.6 Å². The van der Waals surface area contributed by atoms with Crippen molar-refractivity contribution in [2.45, 2.75) is 12.8 Å². The van der Waals surface area contributed by atoms with Gasteiger partial charge in [0.15, 0.2) is 0 Å². The van der Waals surface area contributed by atoms with Gasteiger partial charge in [0.25, 0.3) is 6.43 Å². The van der Waals surface area contributed by atoms with E-state index in [4.69, 9.17) is 5.11 Å². The van der Waals surface area contributed by atoms with E-state index < -0.39 is 25.0 Å². The number of carbonyl (C=O) groups excluding carboxylic acids is 1. The Bertz CT molecular complexity index is 480. The maximum Gasteiger partial charge on any atom is 0.335 e. The van der Waals surface area contributed by atoms with Gasteiger partial charge < -0.3 is 15.3 Å². The van der Waals surface area contributed by atoms with Crippen LogP contribution >= 0.6 is 0 Å². The number of rotatable bonds is 6. The summed E-state index contributed by atoms with van der Waals surface area (Å²) >= 11 is 0.